The van der Waals surface area contributed by atoms with Crippen LogP contribution in [0.3, 0.4) is 0 Å². The Hall–Kier alpha value is -1.72. The van der Waals surface area contributed by atoms with Gasteiger partial charge in [-0.3, -0.25) is 4.68 Å². The molecule has 1 aliphatic rings. The molecular weight excluding hydrogens is 338 g/mol. The molecule has 6 heteroatoms. The molecule has 0 unspecified atom stereocenters. The number of anilines is 1. The van der Waals surface area contributed by atoms with Gasteiger partial charge in [-0.25, -0.2) is 0 Å². The van der Waals surface area contributed by atoms with Gasteiger partial charge in [0.1, 0.15) is 5.75 Å². The number of nitrogens with one attached hydrogen (secondary N) is 1. The summed E-state index contributed by atoms with van der Waals surface area (Å²) in [5, 5.41) is 8.84. The number of ether oxygens (including phenoxy) is 2. The van der Waals surface area contributed by atoms with Gasteiger partial charge in [-0.1, -0.05) is 32.4 Å². The molecule has 2 heterocycles. The Morgan fingerprint density at radius 3 is 2.80 bits per heavy atom. The van der Waals surface area contributed by atoms with Gasteiger partial charge in [0.25, 0.3) is 0 Å². The molecule has 0 spiro atoms. The first kappa shape index (κ1) is 18.1. The van der Waals surface area contributed by atoms with E-state index in [4.69, 9.17) is 21.1 Å². The number of hydrogen-bond donors (Lipinski definition) is 1. The van der Waals surface area contributed by atoms with Crippen molar-refractivity contribution < 1.29 is 9.47 Å². The van der Waals surface area contributed by atoms with Gasteiger partial charge in [0, 0.05) is 22.7 Å². The molecule has 0 bridgehead atoms. The minimum absolute atomic E-state index is 0.286. The van der Waals surface area contributed by atoms with Crippen LogP contribution in [0.1, 0.15) is 56.5 Å². The van der Waals surface area contributed by atoms with Crippen molar-refractivity contribution >= 4 is 17.3 Å². The van der Waals surface area contributed by atoms with Crippen molar-refractivity contribution in [3.63, 3.8) is 0 Å². The third kappa shape index (κ3) is 3.77. The van der Waals surface area contributed by atoms with Gasteiger partial charge in [-0.2, -0.15) is 5.10 Å². The molecule has 0 radical (unpaired) electrons. The highest BCUT2D eigenvalue weighted by Crippen LogP contribution is 2.32. The van der Waals surface area contributed by atoms with E-state index in [1.54, 1.807) is 0 Å². The molecule has 2 aromatic rings. The largest absolute Gasteiger partial charge is 0.467 e. The van der Waals surface area contributed by atoms with Crippen LogP contribution < -0.4 is 10.1 Å². The van der Waals surface area contributed by atoms with Crippen LogP contribution in [0.5, 0.6) is 5.75 Å². The summed E-state index contributed by atoms with van der Waals surface area (Å²) in [4.78, 5) is 0. The molecule has 1 aromatic heterocycles. The summed E-state index contributed by atoms with van der Waals surface area (Å²) in [5.74, 6) is 0.883. The van der Waals surface area contributed by atoms with Gasteiger partial charge in [0.2, 0.25) is 0 Å². The van der Waals surface area contributed by atoms with Crippen LogP contribution in [0.2, 0.25) is 5.02 Å². The molecular formula is C19H26ClN3O2. The van der Waals surface area contributed by atoms with Crippen LogP contribution in [-0.4, -0.2) is 16.6 Å². The zero-order valence-electron chi connectivity index (χ0n) is 15.1. The first-order chi connectivity index (χ1) is 12.2. The fraction of sp³-hybridized carbons (Fsp3) is 0.526. The van der Waals surface area contributed by atoms with Crippen LogP contribution in [0.4, 0.5) is 5.69 Å². The summed E-state index contributed by atoms with van der Waals surface area (Å²) >= 11 is 6.25. The Labute approximate surface area is 154 Å². The van der Waals surface area contributed by atoms with Crippen molar-refractivity contribution in [2.24, 2.45) is 0 Å². The fourth-order valence-electron chi connectivity index (χ4n) is 3.42. The second-order valence-corrected chi connectivity index (χ2v) is 6.73. The van der Waals surface area contributed by atoms with Crippen LogP contribution in [-0.2, 0) is 24.3 Å². The number of halogens is 1. The second-order valence-electron chi connectivity index (χ2n) is 6.29. The van der Waals surface area contributed by atoms with Crippen molar-refractivity contribution in [3.05, 3.63) is 40.2 Å². The van der Waals surface area contributed by atoms with E-state index in [1.807, 2.05) is 18.3 Å². The average Bonchev–Trinajstić information content (AvgIpc) is 3.03. The summed E-state index contributed by atoms with van der Waals surface area (Å²) in [6, 6.07) is 4.31. The Kier molecular flexibility index (Phi) is 5.86. The molecule has 0 saturated carbocycles. The van der Waals surface area contributed by atoms with Crippen molar-refractivity contribution in [1.82, 2.24) is 9.78 Å². The van der Waals surface area contributed by atoms with Crippen molar-refractivity contribution in [3.8, 4) is 5.75 Å². The molecule has 25 heavy (non-hydrogen) atoms. The van der Waals surface area contributed by atoms with Crippen LogP contribution in [0.25, 0.3) is 0 Å². The normalized spacial score (nSPS) is 13.6. The minimum Gasteiger partial charge on any atom is -0.467 e. The molecule has 1 aromatic carbocycles. The predicted molar refractivity (Wildman–Crippen MR) is 100 cm³/mol. The first-order valence-electron chi connectivity index (χ1n) is 8.99. The molecule has 3 rings (SSSR count). The number of fused-ring (bicyclic) bond motifs is 1. The third-order valence-electron chi connectivity index (χ3n) is 4.74. The predicted octanol–water partition coefficient (Wildman–Crippen LogP) is 4.94. The molecule has 0 fully saturated rings. The van der Waals surface area contributed by atoms with Crippen LogP contribution >= 0.6 is 11.6 Å². The lowest BCUT2D eigenvalue weighted by Crippen LogP contribution is -2.15. The Morgan fingerprint density at radius 2 is 2.08 bits per heavy atom. The van der Waals surface area contributed by atoms with E-state index in [0.29, 0.717) is 24.2 Å². The Morgan fingerprint density at radius 1 is 1.28 bits per heavy atom. The van der Waals surface area contributed by atoms with E-state index in [9.17, 15) is 0 Å². The van der Waals surface area contributed by atoms with Crippen LogP contribution in [0.15, 0.2) is 18.3 Å². The second kappa shape index (κ2) is 8.11. The van der Waals surface area contributed by atoms with Gasteiger partial charge in [-0.05, 0) is 31.4 Å². The lowest BCUT2D eigenvalue weighted by Gasteiger charge is -2.21. The minimum atomic E-state index is 0.286. The maximum atomic E-state index is 6.25. The van der Waals surface area contributed by atoms with E-state index in [0.717, 1.165) is 41.8 Å². The van der Waals surface area contributed by atoms with Gasteiger partial charge < -0.3 is 14.8 Å². The standard InChI is InChI=1S/C19H26ClN3O2/c1-4-16(5-2)23-18(6-3)17(10-22-23)21-9-13-7-15(20)8-14-11-24-12-25-19(13)14/h7-8,10,16,21H,4-6,9,11-12H2,1-3H3. The topological polar surface area (TPSA) is 48.3 Å². The number of rotatable bonds is 7. The smallest absolute Gasteiger partial charge is 0.189 e. The van der Waals surface area contributed by atoms with E-state index >= 15 is 0 Å². The average molecular weight is 364 g/mol. The monoisotopic (exact) mass is 363 g/mol. The summed E-state index contributed by atoms with van der Waals surface area (Å²) < 4.78 is 13.2. The number of aromatic nitrogens is 2. The highest BCUT2D eigenvalue weighted by atomic mass is 35.5. The summed E-state index contributed by atoms with van der Waals surface area (Å²) in [7, 11) is 0. The van der Waals surface area contributed by atoms with Gasteiger partial charge >= 0.3 is 0 Å². The van der Waals surface area contributed by atoms with Gasteiger partial charge in [0.15, 0.2) is 6.79 Å². The van der Waals surface area contributed by atoms with E-state index in [-0.39, 0.29) is 6.79 Å². The third-order valence-corrected chi connectivity index (χ3v) is 4.96. The molecule has 1 N–H and O–H groups in total. The van der Waals surface area contributed by atoms with Crippen LogP contribution in [0, 0.1) is 0 Å². The number of nitrogens with zero attached hydrogens (tertiary/aromatic N) is 2. The lowest BCUT2D eigenvalue weighted by atomic mass is 10.1. The van der Waals surface area contributed by atoms with Crippen molar-refractivity contribution in [2.75, 3.05) is 12.1 Å². The highest BCUT2D eigenvalue weighted by Gasteiger charge is 2.18. The van der Waals surface area contributed by atoms with E-state index in [1.165, 1.54) is 5.69 Å². The Bertz CT molecular complexity index is 726. The molecule has 0 amide bonds. The molecule has 1 aliphatic heterocycles. The number of benzene rings is 1. The van der Waals surface area contributed by atoms with E-state index < -0.39 is 0 Å². The van der Waals surface area contributed by atoms with Crippen molar-refractivity contribution in [1.29, 1.82) is 0 Å². The molecule has 0 atom stereocenters. The fourth-order valence-corrected chi connectivity index (χ4v) is 3.68. The quantitative estimate of drug-likeness (QED) is 0.757. The molecule has 0 saturated heterocycles. The number of hydrogen-bond acceptors (Lipinski definition) is 4. The first-order valence-corrected chi connectivity index (χ1v) is 9.37. The lowest BCUT2D eigenvalue weighted by molar-refractivity contribution is -0.0169. The summed E-state index contributed by atoms with van der Waals surface area (Å²) in [6.45, 7) is 8.05. The molecule has 136 valence electrons. The maximum absolute atomic E-state index is 6.25. The summed E-state index contributed by atoms with van der Waals surface area (Å²) in [6.07, 6.45) is 5.04. The molecule has 0 aliphatic carbocycles. The van der Waals surface area contributed by atoms with Gasteiger partial charge in [0.05, 0.1) is 30.2 Å². The van der Waals surface area contributed by atoms with E-state index in [2.05, 4.69) is 35.9 Å². The highest BCUT2D eigenvalue weighted by molar-refractivity contribution is 6.30. The molecule has 5 nitrogen and oxygen atoms in total. The maximum Gasteiger partial charge on any atom is 0.189 e. The zero-order chi connectivity index (χ0) is 17.8. The summed E-state index contributed by atoms with van der Waals surface area (Å²) in [5.41, 5.74) is 4.37. The van der Waals surface area contributed by atoms with Crippen molar-refractivity contribution in [2.45, 2.75) is 59.2 Å². The zero-order valence-corrected chi connectivity index (χ0v) is 15.9. The van der Waals surface area contributed by atoms with Gasteiger partial charge in [-0.15, -0.1) is 0 Å². The Balaban J connectivity index is 1.82. The SMILES string of the molecule is CCc1c(NCc2cc(Cl)cc3c2OCOC3)cnn1C(CC)CC.